The van der Waals surface area contributed by atoms with E-state index >= 15 is 0 Å². The predicted molar refractivity (Wildman–Crippen MR) is 73.7 cm³/mol. The molecule has 18 heavy (non-hydrogen) atoms. The van der Waals surface area contributed by atoms with Gasteiger partial charge in [0.2, 0.25) is 0 Å². The van der Waals surface area contributed by atoms with Crippen LogP contribution in [0.3, 0.4) is 0 Å². The zero-order valence-corrected chi connectivity index (χ0v) is 11.6. The fourth-order valence-corrected chi connectivity index (χ4v) is 3.18. The Balaban J connectivity index is 2.16. The zero-order chi connectivity index (χ0) is 13.0. The highest BCUT2D eigenvalue weighted by Gasteiger charge is 2.27. The highest BCUT2D eigenvalue weighted by molar-refractivity contribution is 5.26. The lowest BCUT2D eigenvalue weighted by Crippen LogP contribution is -2.29. The van der Waals surface area contributed by atoms with Crippen molar-refractivity contribution in [3.8, 4) is 5.75 Å². The van der Waals surface area contributed by atoms with Crippen molar-refractivity contribution in [1.29, 1.82) is 0 Å². The maximum Gasteiger partial charge on any atom is 0.137 e. The first-order valence-electron chi connectivity index (χ1n) is 6.90. The molecule has 1 aliphatic carbocycles. The summed E-state index contributed by atoms with van der Waals surface area (Å²) >= 11 is 0. The van der Waals surface area contributed by atoms with Crippen molar-refractivity contribution in [2.24, 2.45) is 11.8 Å². The third-order valence-electron chi connectivity index (χ3n) is 4.09. The summed E-state index contributed by atoms with van der Waals surface area (Å²) in [5, 5.41) is 3.46. The fourth-order valence-electron chi connectivity index (χ4n) is 3.18. The maximum atomic E-state index is 5.27. The van der Waals surface area contributed by atoms with Crippen molar-refractivity contribution in [3.63, 3.8) is 0 Å². The second kappa shape index (κ2) is 6.19. The quantitative estimate of drug-likeness (QED) is 0.888. The van der Waals surface area contributed by atoms with Crippen LogP contribution in [0.25, 0.3) is 0 Å². The van der Waals surface area contributed by atoms with E-state index < -0.39 is 0 Å². The van der Waals surface area contributed by atoms with Crippen LogP contribution in [0.1, 0.15) is 44.2 Å². The van der Waals surface area contributed by atoms with E-state index in [2.05, 4.69) is 23.3 Å². The number of aromatic nitrogens is 1. The summed E-state index contributed by atoms with van der Waals surface area (Å²) in [4.78, 5) is 4.27. The van der Waals surface area contributed by atoms with Gasteiger partial charge in [-0.1, -0.05) is 19.8 Å². The average Bonchev–Trinajstić information content (AvgIpc) is 2.40. The van der Waals surface area contributed by atoms with Gasteiger partial charge in [0.1, 0.15) is 5.75 Å². The zero-order valence-electron chi connectivity index (χ0n) is 11.6. The van der Waals surface area contributed by atoms with E-state index in [9.17, 15) is 0 Å². The Labute approximate surface area is 110 Å². The lowest BCUT2D eigenvalue weighted by molar-refractivity contribution is 0.229. The largest absolute Gasteiger partial charge is 0.495 e. The molecular formula is C15H24N2O. The molecule has 100 valence electrons. The highest BCUT2D eigenvalue weighted by Crippen LogP contribution is 2.37. The number of nitrogens with one attached hydrogen (secondary N) is 1. The molecule has 1 fully saturated rings. The SMILES string of the molecule is CNC(c1cncc(OC)c1)C1CCCC(C)C1. The Kier molecular flexibility index (Phi) is 4.59. The molecule has 1 saturated carbocycles. The van der Waals surface area contributed by atoms with E-state index in [0.29, 0.717) is 12.0 Å². The fraction of sp³-hybridized carbons (Fsp3) is 0.667. The van der Waals surface area contributed by atoms with Crippen LogP contribution in [0, 0.1) is 11.8 Å². The average molecular weight is 248 g/mol. The minimum absolute atomic E-state index is 0.398. The molecule has 0 aliphatic heterocycles. The number of nitrogens with zero attached hydrogens (tertiary/aromatic N) is 1. The van der Waals surface area contributed by atoms with E-state index in [0.717, 1.165) is 11.7 Å². The first-order valence-corrected chi connectivity index (χ1v) is 6.90. The molecule has 0 aromatic carbocycles. The van der Waals surface area contributed by atoms with E-state index in [-0.39, 0.29) is 0 Å². The van der Waals surface area contributed by atoms with Crippen LogP contribution in [-0.2, 0) is 0 Å². The predicted octanol–water partition coefficient (Wildman–Crippen LogP) is 3.18. The molecule has 1 aromatic heterocycles. The Bertz CT molecular complexity index is 381. The van der Waals surface area contributed by atoms with Crippen LogP contribution < -0.4 is 10.1 Å². The van der Waals surface area contributed by atoms with E-state index in [1.165, 1.54) is 31.2 Å². The van der Waals surface area contributed by atoms with Gasteiger partial charge in [0.25, 0.3) is 0 Å². The van der Waals surface area contributed by atoms with Gasteiger partial charge in [-0.3, -0.25) is 4.98 Å². The Morgan fingerprint density at radius 3 is 2.89 bits per heavy atom. The minimum atomic E-state index is 0.398. The summed E-state index contributed by atoms with van der Waals surface area (Å²) in [5.74, 6) is 2.41. The molecule has 3 atom stereocenters. The van der Waals surface area contributed by atoms with Crippen LogP contribution in [0.4, 0.5) is 0 Å². The van der Waals surface area contributed by atoms with Crippen molar-refractivity contribution in [2.45, 2.75) is 38.6 Å². The van der Waals surface area contributed by atoms with Crippen LogP contribution in [0.2, 0.25) is 0 Å². The van der Waals surface area contributed by atoms with Gasteiger partial charge in [-0.05, 0) is 43.4 Å². The molecule has 0 spiro atoms. The first-order chi connectivity index (χ1) is 8.74. The van der Waals surface area contributed by atoms with Gasteiger partial charge in [0, 0.05) is 12.2 Å². The third kappa shape index (κ3) is 3.02. The maximum absolute atomic E-state index is 5.27. The topological polar surface area (TPSA) is 34.2 Å². The van der Waals surface area contributed by atoms with E-state index in [1.807, 2.05) is 13.2 Å². The van der Waals surface area contributed by atoms with Crippen molar-refractivity contribution >= 4 is 0 Å². The van der Waals surface area contributed by atoms with Gasteiger partial charge in [-0.15, -0.1) is 0 Å². The number of rotatable bonds is 4. The molecule has 0 bridgehead atoms. The van der Waals surface area contributed by atoms with E-state index in [4.69, 9.17) is 4.74 Å². The molecule has 0 radical (unpaired) electrons. The Morgan fingerprint density at radius 2 is 2.22 bits per heavy atom. The number of ether oxygens (including phenoxy) is 1. The molecule has 1 heterocycles. The van der Waals surface area contributed by atoms with Crippen molar-refractivity contribution in [3.05, 3.63) is 24.0 Å². The summed E-state index contributed by atoms with van der Waals surface area (Å²) in [6.45, 7) is 2.36. The summed E-state index contributed by atoms with van der Waals surface area (Å²) in [6.07, 6.45) is 9.07. The number of pyridine rings is 1. The Morgan fingerprint density at radius 1 is 1.39 bits per heavy atom. The molecule has 0 amide bonds. The van der Waals surface area contributed by atoms with Gasteiger partial charge >= 0.3 is 0 Å². The molecule has 3 nitrogen and oxygen atoms in total. The van der Waals surface area contributed by atoms with Gasteiger partial charge in [0.15, 0.2) is 0 Å². The monoisotopic (exact) mass is 248 g/mol. The third-order valence-corrected chi connectivity index (χ3v) is 4.09. The summed E-state index contributed by atoms with van der Waals surface area (Å²) < 4.78 is 5.27. The molecule has 1 aromatic rings. The lowest BCUT2D eigenvalue weighted by atomic mass is 9.77. The second-order valence-electron chi connectivity index (χ2n) is 5.46. The van der Waals surface area contributed by atoms with Crippen LogP contribution in [-0.4, -0.2) is 19.1 Å². The first kappa shape index (κ1) is 13.3. The lowest BCUT2D eigenvalue weighted by Gasteiger charge is -2.33. The minimum Gasteiger partial charge on any atom is -0.495 e. The normalized spacial score (nSPS) is 25.7. The van der Waals surface area contributed by atoms with Crippen LogP contribution in [0.5, 0.6) is 5.75 Å². The molecule has 2 rings (SSSR count). The number of methoxy groups -OCH3 is 1. The highest BCUT2D eigenvalue weighted by atomic mass is 16.5. The van der Waals surface area contributed by atoms with Gasteiger partial charge in [-0.2, -0.15) is 0 Å². The summed E-state index contributed by atoms with van der Waals surface area (Å²) in [5.41, 5.74) is 1.25. The molecule has 3 heteroatoms. The van der Waals surface area contributed by atoms with E-state index in [1.54, 1.807) is 13.3 Å². The number of hydrogen-bond donors (Lipinski definition) is 1. The number of hydrogen-bond acceptors (Lipinski definition) is 3. The molecule has 0 saturated heterocycles. The van der Waals surface area contributed by atoms with Gasteiger partial charge in [-0.25, -0.2) is 0 Å². The van der Waals surface area contributed by atoms with Crippen LogP contribution >= 0.6 is 0 Å². The molecule has 1 N–H and O–H groups in total. The van der Waals surface area contributed by atoms with Crippen LogP contribution in [0.15, 0.2) is 18.5 Å². The molecule has 3 unspecified atom stereocenters. The Hall–Kier alpha value is -1.09. The van der Waals surface area contributed by atoms with Gasteiger partial charge < -0.3 is 10.1 Å². The van der Waals surface area contributed by atoms with Crippen molar-refractivity contribution in [2.75, 3.05) is 14.2 Å². The standard InChI is InChI=1S/C15H24N2O/c1-11-5-4-6-12(7-11)15(16-2)13-8-14(18-3)10-17-9-13/h8-12,15-16H,4-7H2,1-3H3. The second-order valence-corrected chi connectivity index (χ2v) is 5.46. The summed E-state index contributed by atoms with van der Waals surface area (Å²) in [7, 11) is 3.74. The smallest absolute Gasteiger partial charge is 0.137 e. The van der Waals surface area contributed by atoms with Gasteiger partial charge in [0.05, 0.1) is 13.3 Å². The van der Waals surface area contributed by atoms with Crippen molar-refractivity contribution in [1.82, 2.24) is 10.3 Å². The molecule has 1 aliphatic rings. The molecular weight excluding hydrogens is 224 g/mol. The summed E-state index contributed by atoms with van der Waals surface area (Å²) in [6, 6.07) is 2.50. The van der Waals surface area contributed by atoms with Crippen molar-refractivity contribution < 1.29 is 4.74 Å².